The lowest BCUT2D eigenvalue weighted by Crippen LogP contribution is -2.02. The number of fused-ring (bicyclic) bond motifs is 3. The highest BCUT2D eigenvalue weighted by Crippen LogP contribution is 2.40. The van der Waals surface area contributed by atoms with E-state index in [-0.39, 0.29) is 0 Å². The first-order valence-electron chi connectivity index (χ1n) is 7.61. The summed E-state index contributed by atoms with van der Waals surface area (Å²) in [5, 5.41) is 2.52. The van der Waals surface area contributed by atoms with Gasteiger partial charge < -0.3 is 4.74 Å². The lowest BCUT2D eigenvalue weighted by atomic mass is 10.0. The molecule has 2 nitrogen and oxygen atoms in total. The number of carbonyl (C=O) groups is 1. The van der Waals surface area contributed by atoms with Crippen molar-refractivity contribution in [3.05, 3.63) is 79.4 Å². The van der Waals surface area contributed by atoms with E-state index < -0.39 is 5.97 Å². The molecule has 1 aromatic heterocycles. The Kier molecular flexibility index (Phi) is 3.63. The third kappa shape index (κ3) is 2.49. The molecule has 0 aliphatic carbocycles. The van der Waals surface area contributed by atoms with Gasteiger partial charge in [0, 0.05) is 26.2 Å². The largest absolute Gasteiger partial charge is 0.423 e. The Labute approximate surface area is 143 Å². The van der Waals surface area contributed by atoms with E-state index in [2.05, 4.69) is 49.0 Å². The molecule has 0 unspecified atom stereocenters. The first kappa shape index (κ1) is 14.7. The van der Waals surface area contributed by atoms with E-state index in [0.29, 0.717) is 5.75 Å². The van der Waals surface area contributed by atoms with Crippen LogP contribution in [0.2, 0.25) is 0 Å². The SMILES string of the molecule is C=CC(=O)Oc1cccc(-c2cccc3c2sc2ccccc23)c1. The van der Waals surface area contributed by atoms with Gasteiger partial charge in [-0.2, -0.15) is 0 Å². The van der Waals surface area contributed by atoms with E-state index in [0.717, 1.165) is 11.1 Å². The van der Waals surface area contributed by atoms with Crippen molar-refractivity contribution in [2.45, 2.75) is 0 Å². The Bertz CT molecular complexity index is 1080. The molecule has 0 bridgehead atoms. The van der Waals surface area contributed by atoms with Gasteiger partial charge in [-0.1, -0.05) is 55.1 Å². The molecular formula is C21H14O2S. The van der Waals surface area contributed by atoms with E-state index in [1.807, 2.05) is 18.2 Å². The van der Waals surface area contributed by atoms with Crippen molar-refractivity contribution >= 4 is 37.5 Å². The number of hydrogen-bond donors (Lipinski definition) is 0. The lowest BCUT2D eigenvalue weighted by Gasteiger charge is -2.06. The van der Waals surface area contributed by atoms with Crippen LogP contribution in [0.15, 0.2) is 79.4 Å². The fourth-order valence-corrected chi connectivity index (χ4v) is 4.10. The van der Waals surface area contributed by atoms with Gasteiger partial charge in [-0.15, -0.1) is 11.3 Å². The smallest absolute Gasteiger partial charge is 0.335 e. The molecule has 0 saturated heterocycles. The highest BCUT2D eigenvalue weighted by Gasteiger charge is 2.10. The Morgan fingerprint density at radius 3 is 2.62 bits per heavy atom. The topological polar surface area (TPSA) is 26.3 Å². The van der Waals surface area contributed by atoms with Crippen LogP contribution in [0.5, 0.6) is 5.75 Å². The summed E-state index contributed by atoms with van der Waals surface area (Å²) in [5.41, 5.74) is 2.17. The van der Waals surface area contributed by atoms with Crippen LogP contribution >= 0.6 is 11.3 Å². The Morgan fingerprint density at radius 1 is 0.958 bits per heavy atom. The van der Waals surface area contributed by atoms with Gasteiger partial charge in [-0.25, -0.2) is 4.79 Å². The summed E-state index contributed by atoms with van der Waals surface area (Å²) in [4.78, 5) is 11.4. The zero-order valence-corrected chi connectivity index (χ0v) is 13.7. The minimum absolute atomic E-state index is 0.452. The first-order valence-corrected chi connectivity index (χ1v) is 8.43. The van der Waals surface area contributed by atoms with Gasteiger partial charge in [-0.05, 0) is 29.3 Å². The molecule has 1 heterocycles. The Morgan fingerprint density at radius 2 is 1.75 bits per heavy atom. The Hall–Kier alpha value is -2.91. The van der Waals surface area contributed by atoms with E-state index in [1.165, 1.54) is 26.2 Å². The summed E-state index contributed by atoms with van der Waals surface area (Å²) in [5.74, 6) is 0.0720. The number of carbonyl (C=O) groups excluding carboxylic acids is 1. The minimum atomic E-state index is -0.452. The molecule has 4 aromatic rings. The van der Waals surface area contributed by atoms with Gasteiger partial charge in [0.1, 0.15) is 5.75 Å². The fourth-order valence-electron chi connectivity index (χ4n) is 2.86. The highest BCUT2D eigenvalue weighted by atomic mass is 32.1. The number of esters is 1. The summed E-state index contributed by atoms with van der Waals surface area (Å²) in [6, 6.07) is 22.3. The summed E-state index contributed by atoms with van der Waals surface area (Å²) >= 11 is 1.78. The normalized spacial score (nSPS) is 10.8. The summed E-state index contributed by atoms with van der Waals surface area (Å²) in [6.07, 6.45) is 1.17. The molecule has 0 amide bonds. The number of rotatable bonds is 3. The molecule has 0 N–H and O–H groups in total. The van der Waals surface area contributed by atoms with Gasteiger partial charge in [0.15, 0.2) is 0 Å². The summed E-state index contributed by atoms with van der Waals surface area (Å²) < 4.78 is 7.76. The molecule has 4 rings (SSSR count). The molecule has 0 spiro atoms. The maximum atomic E-state index is 11.4. The number of benzene rings is 3. The van der Waals surface area contributed by atoms with Crippen molar-refractivity contribution in [2.75, 3.05) is 0 Å². The van der Waals surface area contributed by atoms with Gasteiger partial charge >= 0.3 is 5.97 Å². The molecule has 3 heteroatoms. The predicted molar refractivity (Wildman–Crippen MR) is 101 cm³/mol. The number of ether oxygens (including phenoxy) is 1. The lowest BCUT2D eigenvalue weighted by molar-refractivity contribution is -0.128. The van der Waals surface area contributed by atoms with Crippen LogP contribution in [0, 0.1) is 0 Å². The third-order valence-corrected chi connectivity index (χ3v) is 5.15. The van der Waals surface area contributed by atoms with Crippen molar-refractivity contribution in [1.82, 2.24) is 0 Å². The van der Waals surface area contributed by atoms with Gasteiger partial charge in [0.25, 0.3) is 0 Å². The van der Waals surface area contributed by atoms with E-state index >= 15 is 0 Å². The Balaban J connectivity index is 1.89. The zero-order chi connectivity index (χ0) is 16.5. The van der Waals surface area contributed by atoms with Crippen LogP contribution in [0.25, 0.3) is 31.3 Å². The van der Waals surface area contributed by atoms with Crippen LogP contribution in [-0.2, 0) is 4.79 Å². The summed E-state index contributed by atoms with van der Waals surface area (Å²) in [7, 11) is 0. The number of thiophene rings is 1. The molecule has 0 aliphatic heterocycles. The second-order valence-corrected chi connectivity index (χ2v) is 6.49. The van der Waals surface area contributed by atoms with Gasteiger partial charge in [0.2, 0.25) is 0 Å². The average Bonchev–Trinajstić information content (AvgIpc) is 3.00. The second kappa shape index (κ2) is 5.95. The monoisotopic (exact) mass is 330 g/mol. The third-order valence-electron chi connectivity index (χ3n) is 3.93. The van der Waals surface area contributed by atoms with Crippen molar-refractivity contribution < 1.29 is 9.53 Å². The first-order chi connectivity index (χ1) is 11.8. The molecule has 0 saturated carbocycles. The van der Waals surface area contributed by atoms with Crippen molar-refractivity contribution in [3.63, 3.8) is 0 Å². The summed E-state index contributed by atoms with van der Waals surface area (Å²) in [6.45, 7) is 3.43. The standard InChI is InChI=1S/C21H14O2S/c1-2-20(22)23-15-8-5-7-14(13-15)16-10-6-11-18-17-9-3-4-12-19(17)24-21(16)18/h2-13H,1H2. The maximum Gasteiger partial charge on any atom is 0.335 e. The molecule has 0 atom stereocenters. The van der Waals surface area contributed by atoms with E-state index in [1.54, 1.807) is 17.4 Å². The molecular weight excluding hydrogens is 316 g/mol. The molecule has 24 heavy (non-hydrogen) atoms. The molecule has 0 fully saturated rings. The van der Waals surface area contributed by atoms with Crippen molar-refractivity contribution in [3.8, 4) is 16.9 Å². The van der Waals surface area contributed by atoms with Crippen LogP contribution in [0.4, 0.5) is 0 Å². The molecule has 116 valence electrons. The molecule has 3 aromatic carbocycles. The van der Waals surface area contributed by atoms with Crippen molar-refractivity contribution in [2.24, 2.45) is 0 Å². The molecule has 0 radical (unpaired) electrons. The maximum absolute atomic E-state index is 11.4. The average molecular weight is 330 g/mol. The van der Waals surface area contributed by atoms with Crippen LogP contribution in [-0.4, -0.2) is 5.97 Å². The van der Waals surface area contributed by atoms with E-state index in [4.69, 9.17) is 4.74 Å². The van der Waals surface area contributed by atoms with Crippen LogP contribution < -0.4 is 4.74 Å². The van der Waals surface area contributed by atoms with Crippen molar-refractivity contribution in [1.29, 1.82) is 0 Å². The van der Waals surface area contributed by atoms with Gasteiger partial charge in [-0.3, -0.25) is 0 Å². The van der Waals surface area contributed by atoms with Crippen LogP contribution in [0.1, 0.15) is 0 Å². The predicted octanol–water partition coefficient (Wildman–Crippen LogP) is 5.81. The van der Waals surface area contributed by atoms with E-state index in [9.17, 15) is 4.79 Å². The quantitative estimate of drug-likeness (QED) is 0.269. The number of hydrogen-bond acceptors (Lipinski definition) is 3. The highest BCUT2D eigenvalue weighted by molar-refractivity contribution is 7.26. The second-order valence-electron chi connectivity index (χ2n) is 5.43. The van der Waals surface area contributed by atoms with Gasteiger partial charge in [0.05, 0.1) is 0 Å². The minimum Gasteiger partial charge on any atom is -0.423 e. The fraction of sp³-hybridized carbons (Fsp3) is 0. The zero-order valence-electron chi connectivity index (χ0n) is 12.9. The van der Waals surface area contributed by atoms with Crippen LogP contribution in [0.3, 0.4) is 0 Å². The molecule has 0 aliphatic rings.